The number of nitrogens with zero attached hydrogens (tertiary/aromatic N) is 2. The van der Waals surface area contributed by atoms with Crippen LogP contribution in [0.2, 0.25) is 0 Å². The van der Waals surface area contributed by atoms with E-state index in [0.717, 1.165) is 37.1 Å². The van der Waals surface area contributed by atoms with Crippen LogP contribution in [0, 0.1) is 11.8 Å². The van der Waals surface area contributed by atoms with Gasteiger partial charge in [0.15, 0.2) is 0 Å². The molecule has 3 saturated heterocycles. The van der Waals surface area contributed by atoms with Gasteiger partial charge in [0.25, 0.3) is 0 Å². The first-order valence-corrected chi connectivity index (χ1v) is 8.30. The van der Waals surface area contributed by atoms with E-state index in [1.54, 1.807) is 0 Å². The summed E-state index contributed by atoms with van der Waals surface area (Å²) in [5, 5.41) is 0. The van der Waals surface area contributed by atoms with Gasteiger partial charge in [0, 0.05) is 38.3 Å². The first kappa shape index (κ1) is 13.8. The van der Waals surface area contributed by atoms with E-state index in [1.807, 2.05) is 0 Å². The molecule has 3 aliphatic rings. The van der Waals surface area contributed by atoms with Crippen LogP contribution in [0.15, 0.2) is 0 Å². The van der Waals surface area contributed by atoms with Crippen molar-refractivity contribution >= 4 is 0 Å². The van der Waals surface area contributed by atoms with Crippen molar-refractivity contribution in [3.63, 3.8) is 0 Å². The van der Waals surface area contributed by atoms with Crippen molar-refractivity contribution in [2.75, 3.05) is 39.4 Å². The first-order valence-electron chi connectivity index (χ1n) is 8.30. The van der Waals surface area contributed by atoms with Gasteiger partial charge in [-0.15, -0.1) is 0 Å². The second-order valence-corrected chi connectivity index (χ2v) is 7.14. The molecule has 0 aliphatic carbocycles. The van der Waals surface area contributed by atoms with E-state index in [4.69, 9.17) is 4.74 Å². The van der Waals surface area contributed by atoms with Gasteiger partial charge in [-0.2, -0.15) is 0 Å². The number of piperazine rings is 1. The largest absolute Gasteiger partial charge is 0.381 e. The minimum absolute atomic E-state index is 0.760. The van der Waals surface area contributed by atoms with Crippen molar-refractivity contribution in [2.45, 2.75) is 51.6 Å². The van der Waals surface area contributed by atoms with Crippen molar-refractivity contribution in [1.29, 1.82) is 0 Å². The van der Waals surface area contributed by atoms with Crippen LogP contribution in [0.25, 0.3) is 0 Å². The Balaban J connectivity index is 1.62. The molecule has 3 fully saturated rings. The van der Waals surface area contributed by atoms with Gasteiger partial charge in [-0.3, -0.25) is 9.80 Å². The van der Waals surface area contributed by atoms with Gasteiger partial charge in [0.05, 0.1) is 6.61 Å². The summed E-state index contributed by atoms with van der Waals surface area (Å²) in [6.07, 6.45) is 5.47. The summed E-state index contributed by atoms with van der Waals surface area (Å²) in [6.45, 7) is 12.0. The first-order chi connectivity index (χ1) is 9.24. The van der Waals surface area contributed by atoms with Gasteiger partial charge in [-0.1, -0.05) is 13.8 Å². The molecule has 0 aromatic rings. The van der Waals surface area contributed by atoms with Crippen LogP contribution in [0.5, 0.6) is 0 Å². The molecule has 3 heteroatoms. The normalized spacial score (nSPS) is 37.7. The molecule has 3 aliphatic heterocycles. The Morgan fingerprint density at radius 1 is 1.16 bits per heavy atom. The molecule has 0 spiro atoms. The van der Waals surface area contributed by atoms with Crippen molar-refractivity contribution < 1.29 is 4.74 Å². The Bertz CT molecular complexity index is 288. The molecule has 0 radical (unpaired) electrons. The molecule has 0 aromatic carbocycles. The lowest BCUT2D eigenvalue weighted by Gasteiger charge is -2.47. The minimum Gasteiger partial charge on any atom is -0.381 e. The Morgan fingerprint density at radius 3 is 2.79 bits per heavy atom. The summed E-state index contributed by atoms with van der Waals surface area (Å²) in [5.74, 6) is 1.55. The van der Waals surface area contributed by atoms with E-state index in [1.165, 1.54) is 51.9 Å². The van der Waals surface area contributed by atoms with Gasteiger partial charge in [-0.05, 0) is 44.1 Å². The van der Waals surface area contributed by atoms with E-state index in [0.29, 0.717) is 0 Å². The summed E-state index contributed by atoms with van der Waals surface area (Å²) in [4.78, 5) is 5.55. The molecule has 0 saturated carbocycles. The number of ether oxygens (including phenoxy) is 1. The molecule has 3 rings (SSSR count). The molecule has 19 heavy (non-hydrogen) atoms. The second-order valence-electron chi connectivity index (χ2n) is 7.14. The van der Waals surface area contributed by atoms with Crippen LogP contribution in [-0.4, -0.2) is 61.3 Å². The van der Waals surface area contributed by atoms with Crippen LogP contribution < -0.4 is 0 Å². The highest BCUT2D eigenvalue weighted by atomic mass is 16.5. The Labute approximate surface area is 118 Å². The number of fused-ring (bicyclic) bond motifs is 1. The molecule has 0 bridgehead atoms. The fourth-order valence-corrected chi connectivity index (χ4v) is 4.23. The van der Waals surface area contributed by atoms with Gasteiger partial charge >= 0.3 is 0 Å². The molecule has 0 amide bonds. The number of rotatable bonds is 3. The molecule has 0 N–H and O–H groups in total. The Morgan fingerprint density at radius 2 is 2.05 bits per heavy atom. The highest BCUT2D eigenvalue weighted by Crippen LogP contribution is 2.29. The standard InChI is InChI=1S/C16H30N2O/c1-13(2)16-11-17-7-3-6-15(17)10-18(16)9-14-5-4-8-19-12-14/h13-16H,3-12H2,1-2H3. The predicted molar refractivity (Wildman–Crippen MR) is 78.3 cm³/mol. The molecule has 3 atom stereocenters. The molecule has 3 nitrogen and oxygen atoms in total. The van der Waals surface area contributed by atoms with Crippen LogP contribution in [0.3, 0.4) is 0 Å². The minimum atomic E-state index is 0.760. The molecular weight excluding hydrogens is 236 g/mol. The van der Waals surface area contributed by atoms with Crippen molar-refractivity contribution in [1.82, 2.24) is 9.80 Å². The second kappa shape index (κ2) is 6.11. The van der Waals surface area contributed by atoms with Gasteiger partial charge in [-0.25, -0.2) is 0 Å². The predicted octanol–water partition coefficient (Wildman–Crippen LogP) is 2.22. The maximum Gasteiger partial charge on any atom is 0.0506 e. The molecule has 110 valence electrons. The summed E-state index contributed by atoms with van der Waals surface area (Å²) in [7, 11) is 0. The van der Waals surface area contributed by atoms with Crippen molar-refractivity contribution in [3.05, 3.63) is 0 Å². The number of hydrogen-bond donors (Lipinski definition) is 0. The smallest absolute Gasteiger partial charge is 0.0506 e. The van der Waals surface area contributed by atoms with Crippen molar-refractivity contribution in [3.8, 4) is 0 Å². The highest BCUT2D eigenvalue weighted by Gasteiger charge is 2.38. The Hall–Kier alpha value is -0.120. The van der Waals surface area contributed by atoms with Gasteiger partial charge < -0.3 is 4.74 Å². The van der Waals surface area contributed by atoms with E-state index in [9.17, 15) is 0 Å². The third-order valence-electron chi connectivity index (χ3n) is 5.35. The fourth-order valence-electron chi connectivity index (χ4n) is 4.23. The van der Waals surface area contributed by atoms with E-state index >= 15 is 0 Å². The van der Waals surface area contributed by atoms with E-state index in [2.05, 4.69) is 23.6 Å². The third kappa shape index (κ3) is 3.14. The zero-order valence-corrected chi connectivity index (χ0v) is 12.7. The monoisotopic (exact) mass is 266 g/mol. The quantitative estimate of drug-likeness (QED) is 0.779. The molecule has 3 heterocycles. The molecule has 3 unspecified atom stereocenters. The van der Waals surface area contributed by atoms with Crippen LogP contribution in [0.1, 0.15) is 39.5 Å². The lowest BCUT2D eigenvalue weighted by Crippen LogP contribution is -2.58. The highest BCUT2D eigenvalue weighted by molar-refractivity contribution is 4.93. The summed E-state index contributed by atoms with van der Waals surface area (Å²) in [5.41, 5.74) is 0. The number of hydrogen-bond acceptors (Lipinski definition) is 3. The topological polar surface area (TPSA) is 15.7 Å². The third-order valence-corrected chi connectivity index (χ3v) is 5.35. The zero-order chi connectivity index (χ0) is 13.2. The lowest BCUT2D eigenvalue weighted by atomic mass is 9.94. The van der Waals surface area contributed by atoms with Crippen LogP contribution in [0.4, 0.5) is 0 Å². The fraction of sp³-hybridized carbons (Fsp3) is 1.00. The van der Waals surface area contributed by atoms with Gasteiger partial charge in [0.1, 0.15) is 0 Å². The summed E-state index contributed by atoms with van der Waals surface area (Å²) < 4.78 is 5.67. The SMILES string of the molecule is CC(C)C1CN2CCCC2CN1CC1CCCOC1. The van der Waals surface area contributed by atoms with Crippen LogP contribution >= 0.6 is 0 Å². The maximum atomic E-state index is 5.67. The Kier molecular flexibility index (Phi) is 4.45. The average Bonchev–Trinajstić information content (AvgIpc) is 2.86. The van der Waals surface area contributed by atoms with Crippen LogP contribution in [-0.2, 0) is 4.74 Å². The maximum absolute atomic E-state index is 5.67. The van der Waals surface area contributed by atoms with E-state index < -0.39 is 0 Å². The lowest BCUT2D eigenvalue weighted by molar-refractivity contribution is -0.0109. The van der Waals surface area contributed by atoms with E-state index in [-0.39, 0.29) is 0 Å². The average molecular weight is 266 g/mol. The zero-order valence-electron chi connectivity index (χ0n) is 12.7. The molecule has 0 aromatic heterocycles. The van der Waals surface area contributed by atoms with Crippen molar-refractivity contribution in [2.24, 2.45) is 11.8 Å². The molecular formula is C16H30N2O. The van der Waals surface area contributed by atoms with Gasteiger partial charge in [0.2, 0.25) is 0 Å². The summed E-state index contributed by atoms with van der Waals surface area (Å²) in [6, 6.07) is 1.61. The summed E-state index contributed by atoms with van der Waals surface area (Å²) >= 11 is 0.